The molecule has 1 aromatic rings. The molecule has 4 aliphatic heterocycles. The van der Waals surface area contributed by atoms with Gasteiger partial charge in [0, 0.05) is 70.0 Å². The number of nitrogens with one attached hydrogen (secondary N) is 1. The van der Waals surface area contributed by atoms with Crippen LogP contribution in [0.1, 0.15) is 13.3 Å². The number of allylic oxidation sites excluding steroid dienone is 5. The van der Waals surface area contributed by atoms with E-state index in [0.29, 0.717) is 0 Å². The fraction of sp³-hybridized carbons (Fsp3) is 0.500. The second kappa shape index (κ2) is 13.1. The third-order valence-corrected chi connectivity index (χ3v) is 7.56. The van der Waals surface area contributed by atoms with Gasteiger partial charge in [-0.05, 0) is 19.1 Å². The summed E-state index contributed by atoms with van der Waals surface area (Å²) in [6, 6.07) is 10.7. The molecular weight excluding hydrogens is 476 g/mol. The third-order valence-electron chi connectivity index (χ3n) is 7.56. The van der Waals surface area contributed by atoms with E-state index in [1.807, 2.05) is 19.1 Å². The lowest BCUT2D eigenvalue weighted by atomic mass is 10.00. The maximum atomic E-state index is 5.71. The molecule has 1 N–H and O–H groups in total. The van der Waals surface area contributed by atoms with Crippen molar-refractivity contribution in [3.05, 3.63) is 78.2 Å². The Bertz CT molecular complexity index is 1050. The quantitative estimate of drug-likeness (QED) is 0.557. The molecule has 1 aromatic carbocycles. The van der Waals surface area contributed by atoms with E-state index in [4.69, 9.17) is 14.5 Å². The summed E-state index contributed by atoms with van der Waals surface area (Å²) in [7, 11) is 0. The molecule has 0 spiro atoms. The number of anilines is 1. The number of para-hydroxylation sites is 1. The number of ether oxygens (including phenoxy) is 2. The molecule has 3 saturated heterocycles. The molecular formula is C30H42N6O2. The molecule has 4 aliphatic rings. The Kier molecular flexibility index (Phi) is 9.17. The molecule has 8 heteroatoms. The topological polar surface area (TPSA) is 55.8 Å². The maximum Gasteiger partial charge on any atom is 0.201 e. The van der Waals surface area contributed by atoms with Crippen molar-refractivity contribution in [1.29, 1.82) is 0 Å². The molecule has 0 amide bonds. The van der Waals surface area contributed by atoms with Crippen molar-refractivity contribution in [2.24, 2.45) is 4.99 Å². The van der Waals surface area contributed by atoms with Gasteiger partial charge in [0.2, 0.25) is 5.96 Å². The van der Waals surface area contributed by atoms with Crippen LogP contribution in [0.5, 0.6) is 0 Å². The second-order valence-electron chi connectivity index (χ2n) is 10.1. The van der Waals surface area contributed by atoms with Crippen LogP contribution in [0.25, 0.3) is 0 Å². The number of piperazine rings is 1. The molecule has 5 rings (SSSR count). The van der Waals surface area contributed by atoms with E-state index in [1.165, 1.54) is 17.1 Å². The van der Waals surface area contributed by atoms with Gasteiger partial charge in [-0.3, -0.25) is 4.90 Å². The van der Waals surface area contributed by atoms with Crippen molar-refractivity contribution in [3.63, 3.8) is 0 Å². The van der Waals surface area contributed by atoms with E-state index in [9.17, 15) is 0 Å². The van der Waals surface area contributed by atoms with E-state index < -0.39 is 0 Å². The highest BCUT2D eigenvalue weighted by molar-refractivity contribution is 5.83. The predicted molar refractivity (Wildman–Crippen MR) is 154 cm³/mol. The Balaban J connectivity index is 1.41. The number of nitrogens with zero attached hydrogens (tertiary/aromatic N) is 5. The van der Waals surface area contributed by atoms with Crippen LogP contribution < -0.4 is 10.2 Å². The summed E-state index contributed by atoms with van der Waals surface area (Å²) in [6.45, 7) is 16.7. The Morgan fingerprint density at radius 2 is 1.55 bits per heavy atom. The molecule has 4 heterocycles. The summed E-state index contributed by atoms with van der Waals surface area (Å²) in [5.74, 6) is 2.16. The molecule has 0 radical (unpaired) electrons. The average Bonchev–Trinajstić information content (AvgIpc) is 2.99. The summed E-state index contributed by atoms with van der Waals surface area (Å²) in [6.07, 6.45) is 9.00. The summed E-state index contributed by atoms with van der Waals surface area (Å²) in [4.78, 5) is 15.2. The molecule has 0 saturated carbocycles. The Morgan fingerprint density at radius 1 is 0.895 bits per heavy atom. The summed E-state index contributed by atoms with van der Waals surface area (Å²) in [5, 5.41) is 3.81. The van der Waals surface area contributed by atoms with Gasteiger partial charge >= 0.3 is 0 Å². The van der Waals surface area contributed by atoms with Gasteiger partial charge < -0.3 is 29.5 Å². The van der Waals surface area contributed by atoms with Crippen molar-refractivity contribution in [1.82, 2.24) is 20.0 Å². The highest BCUT2D eigenvalue weighted by Gasteiger charge is 2.35. The average molecular weight is 519 g/mol. The monoisotopic (exact) mass is 518 g/mol. The Hall–Kier alpha value is -3.07. The van der Waals surface area contributed by atoms with E-state index in [0.717, 1.165) is 96.7 Å². The number of benzene rings is 1. The molecule has 1 atom stereocenters. The smallest absolute Gasteiger partial charge is 0.201 e. The normalized spacial score (nSPS) is 23.8. The number of hydrogen-bond donors (Lipinski definition) is 1. The lowest BCUT2D eigenvalue weighted by Gasteiger charge is -2.44. The minimum Gasteiger partial charge on any atom is -0.379 e. The second-order valence-corrected chi connectivity index (χ2v) is 10.1. The fourth-order valence-electron chi connectivity index (χ4n) is 5.48. The minimum absolute atomic E-state index is 0.0352. The first-order valence-electron chi connectivity index (χ1n) is 14.0. The molecule has 8 nitrogen and oxygen atoms in total. The van der Waals surface area contributed by atoms with Crippen molar-refractivity contribution in [2.75, 3.05) is 83.7 Å². The number of rotatable bonds is 7. The van der Waals surface area contributed by atoms with Crippen molar-refractivity contribution in [2.45, 2.75) is 19.5 Å². The highest BCUT2D eigenvalue weighted by atomic mass is 16.5. The summed E-state index contributed by atoms with van der Waals surface area (Å²) < 4.78 is 11.4. The van der Waals surface area contributed by atoms with Crippen LogP contribution >= 0.6 is 0 Å². The lowest BCUT2D eigenvalue weighted by Crippen LogP contribution is -2.58. The molecule has 0 aliphatic carbocycles. The van der Waals surface area contributed by atoms with Crippen LogP contribution in [-0.4, -0.2) is 106 Å². The number of guanidine groups is 1. The predicted octanol–water partition coefficient (Wildman–Crippen LogP) is 3.05. The molecule has 3 fully saturated rings. The Labute approximate surface area is 227 Å². The first-order chi connectivity index (χ1) is 18.7. The highest BCUT2D eigenvalue weighted by Crippen LogP contribution is 2.29. The number of hydrogen-bond acceptors (Lipinski definition) is 8. The van der Waals surface area contributed by atoms with Gasteiger partial charge in [0.1, 0.15) is 12.0 Å². The van der Waals surface area contributed by atoms with Gasteiger partial charge in [-0.1, -0.05) is 54.7 Å². The summed E-state index contributed by atoms with van der Waals surface area (Å²) in [5.41, 5.74) is 3.66. The standard InChI is InChI=1S/C30H42N6O2/c1-3-4-6-9-25(2)24-27-28(34-16-20-37-21-17-34)31-30(32-29(27)35-18-22-38-23-19-35)36-14-12-33(13-15-36)26-10-7-5-8-11-26/h3-11,28H,2,12-24H2,1H3,(H,31,32)/b4-3-,9-6-. The van der Waals surface area contributed by atoms with Gasteiger partial charge in [0.25, 0.3) is 0 Å². The van der Waals surface area contributed by atoms with Crippen LogP contribution in [-0.2, 0) is 9.47 Å². The first kappa shape index (κ1) is 26.5. The maximum absolute atomic E-state index is 5.71. The van der Waals surface area contributed by atoms with Crippen LogP contribution in [0.4, 0.5) is 5.69 Å². The zero-order chi connectivity index (χ0) is 26.2. The van der Waals surface area contributed by atoms with Crippen LogP contribution in [0.3, 0.4) is 0 Å². The van der Waals surface area contributed by atoms with Crippen molar-refractivity contribution in [3.8, 4) is 0 Å². The van der Waals surface area contributed by atoms with Gasteiger partial charge in [-0.15, -0.1) is 0 Å². The largest absolute Gasteiger partial charge is 0.379 e. The Morgan fingerprint density at radius 3 is 2.24 bits per heavy atom. The molecule has 0 aromatic heterocycles. The molecule has 204 valence electrons. The molecule has 38 heavy (non-hydrogen) atoms. The summed E-state index contributed by atoms with van der Waals surface area (Å²) >= 11 is 0. The third kappa shape index (κ3) is 6.49. The van der Waals surface area contributed by atoms with Gasteiger partial charge in [0.15, 0.2) is 0 Å². The number of aliphatic imine (C=N–C) groups is 1. The fourth-order valence-corrected chi connectivity index (χ4v) is 5.48. The zero-order valence-electron chi connectivity index (χ0n) is 22.7. The zero-order valence-corrected chi connectivity index (χ0v) is 22.7. The van der Waals surface area contributed by atoms with Gasteiger partial charge in [-0.25, -0.2) is 4.99 Å². The van der Waals surface area contributed by atoms with E-state index >= 15 is 0 Å². The van der Waals surface area contributed by atoms with Crippen molar-refractivity contribution >= 4 is 11.6 Å². The molecule has 1 unspecified atom stereocenters. The SMILES string of the molecule is C=C(/C=C\C=C/C)CC1=C(N2CCOCC2)NC(N2CCN(c3ccccc3)CC2)=NC1N1CCOCC1. The number of morpholine rings is 2. The van der Waals surface area contributed by atoms with Crippen LogP contribution in [0.2, 0.25) is 0 Å². The van der Waals surface area contributed by atoms with Gasteiger partial charge in [0.05, 0.1) is 26.4 Å². The minimum atomic E-state index is -0.0352. The van der Waals surface area contributed by atoms with Crippen LogP contribution in [0, 0.1) is 0 Å². The van der Waals surface area contributed by atoms with E-state index in [1.54, 1.807) is 0 Å². The first-order valence-corrected chi connectivity index (χ1v) is 14.0. The van der Waals surface area contributed by atoms with Crippen molar-refractivity contribution < 1.29 is 9.47 Å². The van der Waals surface area contributed by atoms with E-state index in [-0.39, 0.29) is 6.17 Å². The molecule has 0 bridgehead atoms. The van der Waals surface area contributed by atoms with Crippen LogP contribution in [0.15, 0.2) is 83.2 Å². The van der Waals surface area contributed by atoms with E-state index in [2.05, 4.69) is 74.0 Å². The lowest BCUT2D eigenvalue weighted by molar-refractivity contribution is 0.0213. The van der Waals surface area contributed by atoms with Gasteiger partial charge in [-0.2, -0.15) is 0 Å².